The molecule has 0 aliphatic carbocycles. The molecule has 0 aliphatic heterocycles. The van der Waals surface area contributed by atoms with Gasteiger partial charge in [0.25, 0.3) is 0 Å². The molecule has 1 aromatic carbocycles. The molecule has 3 aromatic heterocycles. The highest BCUT2D eigenvalue weighted by atomic mass is 32.2. The number of aryl methyl sites for hydroxylation is 1. The Hall–Kier alpha value is -3.10. The number of aromatic nitrogens is 3. The average molecular weight is 451 g/mol. The normalized spacial score (nSPS) is 11.9. The number of hydrogen-bond donors (Lipinski definition) is 1. The van der Waals surface area contributed by atoms with Crippen LogP contribution in [0.1, 0.15) is 22.2 Å². The van der Waals surface area contributed by atoms with Gasteiger partial charge < -0.3 is 9.73 Å². The third kappa shape index (κ3) is 4.81. The molecule has 3 heterocycles. The van der Waals surface area contributed by atoms with E-state index < -0.39 is 0 Å². The summed E-state index contributed by atoms with van der Waals surface area (Å²) in [5, 5.41) is 14.5. The van der Waals surface area contributed by atoms with Gasteiger partial charge in [-0.25, -0.2) is 0 Å². The van der Waals surface area contributed by atoms with E-state index in [-0.39, 0.29) is 17.7 Å². The van der Waals surface area contributed by atoms with Crippen LogP contribution < -0.4 is 5.32 Å². The molecule has 1 unspecified atom stereocenters. The van der Waals surface area contributed by atoms with Gasteiger partial charge in [0.05, 0.1) is 23.6 Å². The van der Waals surface area contributed by atoms with Crippen LogP contribution in [0, 0.1) is 6.92 Å². The number of thiophene rings is 1. The van der Waals surface area contributed by atoms with E-state index in [1.54, 1.807) is 23.7 Å². The highest BCUT2D eigenvalue weighted by molar-refractivity contribution is 7.99. The van der Waals surface area contributed by atoms with Crippen LogP contribution in [-0.4, -0.2) is 26.4 Å². The number of rotatable bonds is 9. The van der Waals surface area contributed by atoms with Crippen LogP contribution >= 0.6 is 23.1 Å². The zero-order valence-corrected chi connectivity index (χ0v) is 18.7. The molecule has 0 aliphatic rings. The van der Waals surface area contributed by atoms with Crippen LogP contribution in [0.15, 0.2) is 82.4 Å². The van der Waals surface area contributed by atoms with E-state index in [1.165, 1.54) is 11.8 Å². The van der Waals surface area contributed by atoms with Crippen LogP contribution in [0.5, 0.6) is 0 Å². The lowest BCUT2D eigenvalue weighted by Gasteiger charge is -2.18. The quantitative estimate of drug-likeness (QED) is 0.284. The maximum absolute atomic E-state index is 12.8. The number of carbonyl (C=O) groups excluding carboxylic acids is 1. The van der Waals surface area contributed by atoms with Gasteiger partial charge in [-0.1, -0.05) is 54.2 Å². The molecule has 4 aromatic rings. The van der Waals surface area contributed by atoms with Crippen molar-refractivity contribution in [2.45, 2.75) is 24.7 Å². The molecule has 158 valence electrons. The van der Waals surface area contributed by atoms with Crippen molar-refractivity contribution in [3.63, 3.8) is 0 Å². The highest BCUT2D eigenvalue weighted by Gasteiger charge is 2.20. The highest BCUT2D eigenvalue weighted by Crippen LogP contribution is 2.28. The van der Waals surface area contributed by atoms with Gasteiger partial charge in [0.15, 0.2) is 11.0 Å². The van der Waals surface area contributed by atoms with E-state index in [0.29, 0.717) is 17.5 Å². The Kier molecular flexibility index (Phi) is 6.69. The lowest BCUT2D eigenvalue weighted by molar-refractivity contribution is -0.119. The number of carbonyl (C=O) groups is 1. The zero-order chi connectivity index (χ0) is 21.6. The minimum atomic E-state index is -0.176. The first-order valence-electron chi connectivity index (χ1n) is 9.76. The van der Waals surface area contributed by atoms with Gasteiger partial charge in [-0.15, -0.1) is 28.1 Å². The van der Waals surface area contributed by atoms with Crippen LogP contribution in [0.4, 0.5) is 0 Å². The lowest BCUT2D eigenvalue weighted by Crippen LogP contribution is -2.30. The number of allylic oxidation sites excluding steroid dienone is 1. The van der Waals surface area contributed by atoms with E-state index in [9.17, 15) is 4.79 Å². The number of furan rings is 1. The van der Waals surface area contributed by atoms with Crippen molar-refractivity contribution in [2.24, 2.45) is 0 Å². The number of thioether (sulfide) groups is 1. The first-order valence-corrected chi connectivity index (χ1v) is 11.6. The van der Waals surface area contributed by atoms with E-state index in [1.807, 2.05) is 65.4 Å². The zero-order valence-electron chi connectivity index (χ0n) is 17.0. The molecule has 4 rings (SSSR count). The summed E-state index contributed by atoms with van der Waals surface area (Å²) in [5.41, 5.74) is 1.93. The van der Waals surface area contributed by atoms with E-state index in [2.05, 4.69) is 22.1 Å². The Morgan fingerprint density at radius 2 is 2.10 bits per heavy atom. The summed E-state index contributed by atoms with van der Waals surface area (Å²) >= 11 is 2.98. The van der Waals surface area contributed by atoms with Gasteiger partial charge in [-0.2, -0.15) is 0 Å². The summed E-state index contributed by atoms with van der Waals surface area (Å²) in [6.07, 6.45) is 3.42. The molecule has 0 bridgehead atoms. The summed E-state index contributed by atoms with van der Waals surface area (Å²) in [6, 6.07) is 15.7. The van der Waals surface area contributed by atoms with Crippen molar-refractivity contribution in [3.8, 4) is 11.4 Å². The number of nitrogens with one attached hydrogen (secondary N) is 1. The van der Waals surface area contributed by atoms with Crippen LogP contribution in [0.25, 0.3) is 11.4 Å². The molecular formula is C23H22N4O2S2. The first-order chi connectivity index (χ1) is 15.2. The summed E-state index contributed by atoms with van der Waals surface area (Å²) in [7, 11) is 0. The molecule has 0 radical (unpaired) electrons. The van der Waals surface area contributed by atoms with Gasteiger partial charge in [0.2, 0.25) is 5.91 Å². The van der Waals surface area contributed by atoms with E-state index in [4.69, 9.17) is 4.42 Å². The molecule has 1 amide bonds. The molecule has 0 saturated heterocycles. The van der Waals surface area contributed by atoms with Crippen molar-refractivity contribution in [3.05, 3.63) is 89.0 Å². The van der Waals surface area contributed by atoms with Gasteiger partial charge in [-0.3, -0.25) is 9.36 Å². The standard InChI is InChI=1S/C23H22N4O2S2/c1-3-12-27-22(18-11-13-29-16(18)2)25-26-23(27)31-15-20(28)24-21(19-10-7-14-30-19)17-8-5-4-6-9-17/h3-11,13-14,21H,1,12,15H2,2H3,(H,24,28). The van der Waals surface area contributed by atoms with Gasteiger partial charge in [-0.05, 0) is 30.0 Å². The Morgan fingerprint density at radius 1 is 1.26 bits per heavy atom. The van der Waals surface area contributed by atoms with Crippen LogP contribution in [0.3, 0.4) is 0 Å². The fourth-order valence-electron chi connectivity index (χ4n) is 3.26. The summed E-state index contributed by atoms with van der Waals surface area (Å²) in [6.45, 7) is 6.26. The van der Waals surface area contributed by atoms with Gasteiger partial charge >= 0.3 is 0 Å². The first kappa shape index (κ1) is 21.1. The topological polar surface area (TPSA) is 73.0 Å². The number of hydrogen-bond acceptors (Lipinski definition) is 6. The fourth-order valence-corrected chi connectivity index (χ4v) is 4.82. The van der Waals surface area contributed by atoms with Gasteiger partial charge in [0.1, 0.15) is 5.76 Å². The second-order valence-electron chi connectivity index (χ2n) is 6.81. The van der Waals surface area contributed by atoms with E-state index >= 15 is 0 Å². The summed E-state index contributed by atoms with van der Waals surface area (Å²) in [4.78, 5) is 13.9. The van der Waals surface area contributed by atoms with E-state index in [0.717, 1.165) is 21.8 Å². The maximum atomic E-state index is 12.8. The minimum Gasteiger partial charge on any atom is -0.469 e. The predicted octanol–water partition coefficient (Wildman–Crippen LogP) is 5.09. The Morgan fingerprint density at radius 3 is 2.77 bits per heavy atom. The van der Waals surface area contributed by atoms with Crippen molar-refractivity contribution < 1.29 is 9.21 Å². The number of nitrogens with zero attached hydrogens (tertiary/aromatic N) is 3. The second kappa shape index (κ2) is 9.80. The molecule has 8 heteroatoms. The molecule has 1 atom stereocenters. The Bertz CT molecular complexity index is 1150. The third-order valence-electron chi connectivity index (χ3n) is 4.73. The van der Waals surface area contributed by atoms with Crippen molar-refractivity contribution >= 4 is 29.0 Å². The fraction of sp³-hybridized carbons (Fsp3) is 0.174. The molecular weight excluding hydrogens is 428 g/mol. The van der Waals surface area contributed by atoms with Crippen molar-refractivity contribution in [1.29, 1.82) is 0 Å². The molecule has 1 N–H and O–H groups in total. The van der Waals surface area contributed by atoms with Crippen LogP contribution in [0.2, 0.25) is 0 Å². The molecule has 0 saturated carbocycles. The third-order valence-corrected chi connectivity index (χ3v) is 6.63. The number of benzene rings is 1. The molecule has 31 heavy (non-hydrogen) atoms. The average Bonchev–Trinajstić information content (AvgIpc) is 3.53. The maximum Gasteiger partial charge on any atom is 0.231 e. The molecule has 0 fully saturated rings. The van der Waals surface area contributed by atoms with Gasteiger partial charge in [0, 0.05) is 11.4 Å². The van der Waals surface area contributed by atoms with Crippen LogP contribution in [-0.2, 0) is 11.3 Å². The summed E-state index contributed by atoms with van der Waals surface area (Å²) in [5.74, 6) is 1.64. The van der Waals surface area contributed by atoms with Crippen molar-refractivity contribution in [2.75, 3.05) is 5.75 Å². The minimum absolute atomic E-state index is 0.0681. The molecule has 0 spiro atoms. The Labute approximate surface area is 189 Å². The monoisotopic (exact) mass is 450 g/mol. The predicted molar refractivity (Wildman–Crippen MR) is 124 cm³/mol. The largest absolute Gasteiger partial charge is 0.469 e. The molecule has 6 nitrogen and oxygen atoms in total. The summed E-state index contributed by atoms with van der Waals surface area (Å²) < 4.78 is 7.35. The Balaban J connectivity index is 1.49. The second-order valence-corrected chi connectivity index (χ2v) is 8.73. The SMILES string of the molecule is C=CCn1c(SCC(=O)NC(c2ccccc2)c2cccs2)nnc1-c1ccoc1C. The van der Waals surface area contributed by atoms with Crippen molar-refractivity contribution in [1.82, 2.24) is 20.1 Å². The lowest BCUT2D eigenvalue weighted by atomic mass is 10.1. The smallest absolute Gasteiger partial charge is 0.231 e. The number of amides is 1.